The largest absolute Gasteiger partial charge is 0.335 e. The summed E-state index contributed by atoms with van der Waals surface area (Å²) in [5.41, 5.74) is 2.62. The van der Waals surface area contributed by atoms with Gasteiger partial charge in [0.2, 0.25) is 0 Å². The van der Waals surface area contributed by atoms with Crippen LogP contribution in [-0.4, -0.2) is 42.0 Å². The lowest BCUT2D eigenvalue weighted by Crippen LogP contribution is -2.20. The summed E-state index contributed by atoms with van der Waals surface area (Å²) in [5, 5.41) is 4.59. The molecular formula is C17H27Cl2N3S. The molecule has 0 aromatic heterocycles. The monoisotopic (exact) mass is 375 g/mol. The number of likely N-dealkylation sites (tertiary alicyclic amines) is 1. The summed E-state index contributed by atoms with van der Waals surface area (Å²) >= 11 is 1.88. The first-order valence-electron chi connectivity index (χ1n) is 8.16. The zero-order valence-corrected chi connectivity index (χ0v) is 15.9. The van der Waals surface area contributed by atoms with E-state index in [0.717, 1.165) is 18.1 Å². The maximum atomic E-state index is 4.67. The highest BCUT2D eigenvalue weighted by Gasteiger charge is 2.11. The Bertz CT molecular complexity index is 490. The van der Waals surface area contributed by atoms with Crippen LogP contribution in [-0.2, 0) is 6.42 Å². The Morgan fingerprint density at radius 1 is 1.09 bits per heavy atom. The molecule has 0 spiro atoms. The Balaban J connectivity index is 0.00000132. The number of aliphatic imine (C=N–C) groups is 1. The molecule has 0 amide bonds. The Morgan fingerprint density at radius 2 is 1.87 bits per heavy atom. The van der Waals surface area contributed by atoms with Crippen LogP contribution in [0.1, 0.15) is 31.2 Å². The molecule has 1 N–H and O–H groups in total. The minimum absolute atomic E-state index is 0. The summed E-state index contributed by atoms with van der Waals surface area (Å²) < 4.78 is 0. The molecule has 2 aliphatic rings. The topological polar surface area (TPSA) is 27.6 Å². The smallest absolute Gasteiger partial charge is 0.161 e. The van der Waals surface area contributed by atoms with Crippen LogP contribution in [0.15, 0.2) is 29.3 Å². The van der Waals surface area contributed by atoms with Crippen molar-refractivity contribution in [3.63, 3.8) is 0 Å². The van der Waals surface area contributed by atoms with Gasteiger partial charge in [-0.1, -0.05) is 30.0 Å². The summed E-state index contributed by atoms with van der Waals surface area (Å²) in [6, 6.07) is 8.55. The van der Waals surface area contributed by atoms with E-state index in [1.165, 1.54) is 62.3 Å². The molecule has 1 aromatic carbocycles. The Kier molecular flexibility index (Phi) is 10.0. The number of halogens is 2. The van der Waals surface area contributed by atoms with Crippen molar-refractivity contribution in [1.29, 1.82) is 0 Å². The Morgan fingerprint density at radius 3 is 2.70 bits per heavy atom. The number of hydrogen-bond acceptors (Lipinski definition) is 4. The summed E-state index contributed by atoms with van der Waals surface area (Å²) in [6.45, 7) is 4.82. The predicted octanol–water partition coefficient (Wildman–Crippen LogP) is 4.46. The van der Waals surface area contributed by atoms with Crippen LogP contribution in [0.2, 0.25) is 0 Å². The molecule has 0 atom stereocenters. The van der Waals surface area contributed by atoms with Crippen molar-refractivity contribution in [3.8, 4) is 0 Å². The molecule has 2 aliphatic heterocycles. The molecule has 0 unspecified atom stereocenters. The van der Waals surface area contributed by atoms with Crippen LogP contribution >= 0.6 is 36.6 Å². The molecule has 1 aromatic rings. The maximum Gasteiger partial charge on any atom is 0.161 e. The number of para-hydroxylation sites is 1. The fourth-order valence-electron chi connectivity index (χ4n) is 2.99. The molecule has 23 heavy (non-hydrogen) atoms. The number of nitrogens with zero attached hydrogens (tertiary/aromatic N) is 2. The first kappa shape index (κ1) is 20.6. The van der Waals surface area contributed by atoms with Crippen molar-refractivity contribution >= 4 is 47.4 Å². The maximum absolute atomic E-state index is 4.67. The summed E-state index contributed by atoms with van der Waals surface area (Å²) in [7, 11) is 0. The van der Waals surface area contributed by atoms with Gasteiger partial charge in [-0.25, -0.2) is 0 Å². The van der Waals surface area contributed by atoms with Gasteiger partial charge < -0.3 is 10.2 Å². The normalized spacial score (nSPS) is 17.1. The number of thioether (sulfide) groups is 1. The van der Waals surface area contributed by atoms with Gasteiger partial charge in [0.1, 0.15) is 0 Å². The van der Waals surface area contributed by atoms with Crippen LogP contribution in [0, 0.1) is 0 Å². The minimum atomic E-state index is 0. The quantitative estimate of drug-likeness (QED) is 0.769. The number of fused-ring (bicyclic) bond motifs is 1. The second-order valence-corrected chi connectivity index (χ2v) is 6.91. The molecule has 1 saturated heterocycles. The van der Waals surface area contributed by atoms with Crippen molar-refractivity contribution in [1.82, 2.24) is 4.90 Å². The molecule has 0 saturated carbocycles. The highest BCUT2D eigenvalue weighted by Crippen LogP contribution is 2.21. The number of nitrogens with one attached hydrogen (secondary N) is 1. The highest BCUT2D eigenvalue weighted by molar-refractivity contribution is 8.14. The Hall–Kier alpha value is -0.420. The third-order valence-electron chi connectivity index (χ3n) is 4.20. The van der Waals surface area contributed by atoms with E-state index in [4.69, 9.17) is 0 Å². The number of anilines is 1. The van der Waals surface area contributed by atoms with Gasteiger partial charge in [0.15, 0.2) is 5.17 Å². The second-order valence-electron chi connectivity index (χ2n) is 5.82. The standard InChI is InChI=1S/C17H25N3S.2ClH/c1-2-8-16-15(7-1)9-10-18-17(19-16)21-14-6-5-13-20-11-3-4-12-20;;/h1-2,7-8H,3-6,9-14H2,(H,18,19);2*1H. The van der Waals surface area contributed by atoms with Crippen LogP contribution in [0.3, 0.4) is 0 Å². The van der Waals surface area contributed by atoms with Gasteiger partial charge in [0.25, 0.3) is 0 Å². The van der Waals surface area contributed by atoms with E-state index in [2.05, 4.69) is 39.5 Å². The van der Waals surface area contributed by atoms with Crippen LogP contribution < -0.4 is 5.32 Å². The van der Waals surface area contributed by atoms with E-state index < -0.39 is 0 Å². The van der Waals surface area contributed by atoms with Crippen molar-refractivity contribution in [2.45, 2.75) is 32.1 Å². The summed E-state index contributed by atoms with van der Waals surface area (Å²) in [6.07, 6.45) is 6.44. The van der Waals surface area contributed by atoms with Crippen LogP contribution in [0.4, 0.5) is 5.69 Å². The first-order chi connectivity index (χ1) is 10.4. The van der Waals surface area contributed by atoms with E-state index in [1.807, 2.05) is 11.8 Å². The Labute approximate surface area is 156 Å². The van der Waals surface area contributed by atoms with Gasteiger partial charge >= 0.3 is 0 Å². The van der Waals surface area contributed by atoms with E-state index in [-0.39, 0.29) is 24.8 Å². The first-order valence-corrected chi connectivity index (χ1v) is 9.15. The van der Waals surface area contributed by atoms with Crippen LogP contribution in [0.25, 0.3) is 0 Å². The van der Waals surface area contributed by atoms with E-state index >= 15 is 0 Å². The summed E-state index contributed by atoms with van der Waals surface area (Å²) in [5.74, 6) is 1.17. The SMILES string of the molecule is Cl.Cl.c1ccc2c(c1)CCN=C(SCCCCN1CCCC1)N2. The molecule has 2 heterocycles. The van der Waals surface area contributed by atoms with E-state index in [1.54, 1.807) is 0 Å². The lowest BCUT2D eigenvalue weighted by molar-refractivity contribution is 0.333. The van der Waals surface area contributed by atoms with E-state index in [0.29, 0.717) is 0 Å². The third kappa shape index (κ3) is 6.54. The minimum Gasteiger partial charge on any atom is -0.335 e. The zero-order valence-electron chi connectivity index (χ0n) is 13.5. The van der Waals surface area contributed by atoms with Crippen LogP contribution in [0.5, 0.6) is 0 Å². The molecule has 0 aliphatic carbocycles. The highest BCUT2D eigenvalue weighted by atomic mass is 35.5. The third-order valence-corrected chi connectivity index (χ3v) is 5.20. The summed E-state index contributed by atoms with van der Waals surface area (Å²) in [4.78, 5) is 7.27. The molecule has 130 valence electrons. The van der Waals surface area contributed by atoms with Crippen molar-refractivity contribution in [2.75, 3.05) is 37.2 Å². The van der Waals surface area contributed by atoms with Gasteiger partial charge in [0.05, 0.1) is 0 Å². The molecule has 0 radical (unpaired) electrons. The lowest BCUT2D eigenvalue weighted by atomic mass is 10.1. The second kappa shape index (κ2) is 11.2. The van der Waals surface area contributed by atoms with E-state index in [9.17, 15) is 0 Å². The number of benzene rings is 1. The van der Waals surface area contributed by atoms with Crippen molar-refractivity contribution in [3.05, 3.63) is 29.8 Å². The number of amidine groups is 1. The molecule has 1 fully saturated rings. The van der Waals surface area contributed by atoms with Gasteiger partial charge in [-0.15, -0.1) is 24.8 Å². The van der Waals surface area contributed by atoms with Gasteiger partial charge in [0, 0.05) is 18.0 Å². The van der Waals surface area contributed by atoms with Crippen molar-refractivity contribution in [2.24, 2.45) is 4.99 Å². The molecule has 0 bridgehead atoms. The van der Waals surface area contributed by atoms with Crippen molar-refractivity contribution < 1.29 is 0 Å². The van der Waals surface area contributed by atoms with Gasteiger partial charge in [-0.3, -0.25) is 4.99 Å². The number of unbranched alkanes of at least 4 members (excludes halogenated alkanes) is 1. The lowest BCUT2D eigenvalue weighted by Gasteiger charge is -2.14. The zero-order chi connectivity index (χ0) is 14.3. The average molecular weight is 376 g/mol. The fraction of sp³-hybridized carbons (Fsp3) is 0.588. The van der Waals surface area contributed by atoms with Gasteiger partial charge in [-0.05, 0) is 63.4 Å². The number of hydrogen-bond donors (Lipinski definition) is 1. The molecule has 3 rings (SSSR count). The fourth-order valence-corrected chi connectivity index (χ4v) is 3.89. The molecular weight excluding hydrogens is 349 g/mol. The molecule has 3 nitrogen and oxygen atoms in total. The predicted molar refractivity (Wildman–Crippen MR) is 108 cm³/mol. The van der Waals surface area contributed by atoms with Gasteiger partial charge in [-0.2, -0.15) is 0 Å². The number of rotatable bonds is 5. The average Bonchev–Trinajstić information content (AvgIpc) is 2.93. The molecule has 6 heteroatoms.